The van der Waals surface area contributed by atoms with Crippen LogP contribution in [0.15, 0.2) is 0 Å². The van der Waals surface area contributed by atoms with Gasteiger partial charge in [-0.05, 0) is 0 Å². The molecule has 0 radical (unpaired) electrons. The van der Waals surface area contributed by atoms with Crippen LogP contribution in [-0.4, -0.2) is 19.7 Å². The highest BCUT2D eigenvalue weighted by atomic mass is 35.5. The van der Waals surface area contributed by atoms with E-state index < -0.39 is 8.80 Å². The van der Waals surface area contributed by atoms with Gasteiger partial charge in [-0.3, -0.25) is 0 Å². The first-order valence-electron chi connectivity index (χ1n) is 2.38. The van der Waals surface area contributed by atoms with E-state index in [9.17, 15) is 0 Å². The molecular weight excluding hydrogens is 182 g/mol. The molecule has 0 aliphatic heterocycles. The van der Waals surface area contributed by atoms with Crippen molar-refractivity contribution in [1.82, 2.24) is 0 Å². The maximum absolute atomic E-state index is 5.73. The Labute approximate surface area is 68.6 Å². The lowest BCUT2D eigenvalue weighted by Crippen LogP contribution is -2.19. The van der Waals surface area contributed by atoms with Gasteiger partial charge in [0.25, 0.3) is 0 Å². The van der Waals surface area contributed by atoms with Gasteiger partial charge in [-0.2, -0.15) is 0 Å². The number of hydrogen-bond acceptors (Lipinski definition) is 0. The Hall–Kier alpha value is 1.09. The Balaban J connectivity index is 0. The summed E-state index contributed by atoms with van der Waals surface area (Å²) in [6.45, 7) is 4.39. The molecule has 0 nitrogen and oxygen atoms in total. The van der Waals surface area contributed by atoms with Crippen LogP contribution in [0.3, 0.4) is 0 Å². The van der Waals surface area contributed by atoms with Crippen molar-refractivity contribution in [2.75, 3.05) is 5.88 Å². The largest absolute Gasteiger partial charge is 0.147 e. The van der Waals surface area contributed by atoms with Gasteiger partial charge in [0, 0.05) is 10.9 Å². The average molecular weight is 194 g/mol. The molecule has 0 aromatic heterocycles. The molecule has 0 amide bonds. The lowest BCUT2D eigenvalue weighted by atomic mass is 10.9. The van der Waals surface area contributed by atoms with Gasteiger partial charge in [-0.1, -0.05) is 13.1 Å². The first-order chi connectivity index (χ1) is 3.18. The highest BCUT2D eigenvalue weighted by molar-refractivity contribution is 6.68. The Bertz CT molecular complexity index is 48.5. The van der Waals surface area contributed by atoms with Crippen LogP contribution in [0.1, 0.15) is 0 Å². The molecule has 0 saturated carbocycles. The molecule has 0 bridgehead atoms. The van der Waals surface area contributed by atoms with Gasteiger partial charge >= 0.3 is 0 Å². The van der Waals surface area contributed by atoms with Crippen LogP contribution in [0.4, 0.5) is 0 Å². The van der Waals surface area contributed by atoms with Gasteiger partial charge in [-0.15, -0.1) is 35.6 Å². The van der Waals surface area contributed by atoms with Crippen molar-refractivity contribution >= 4 is 44.4 Å². The molecule has 0 aliphatic carbocycles. The SMILES string of the molecule is C[SiH](C)C(Cl)CCl.Cl. The van der Waals surface area contributed by atoms with Crippen molar-refractivity contribution in [3.8, 4) is 0 Å². The number of hydrogen-bond donors (Lipinski definition) is 0. The summed E-state index contributed by atoms with van der Waals surface area (Å²) in [6.07, 6.45) is 0. The lowest BCUT2D eigenvalue weighted by molar-refractivity contribution is 1.34. The van der Waals surface area contributed by atoms with Crippen molar-refractivity contribution in [2.24, 2.45) is 0 Å². The van der Waals surface area contributed by atoms with Gasteiger partial charge in [0.2, 0.25) is 0 Å². The van der Waals surface area contributed by atoms with Gasteiger partial charge in [0.05, 0.1) is 8.80 Å². The summed E-state index contributed by atoms with van der Waals surface area (Å²) in [6, 6.07) is 0. The Kier molecular flexibility index (Phi) is 9.19. The third-order valence-electron chi connectivity index (χ3n) is 0.871. The zero-order valence-electron chi connectivity index (χ0n) is 5.03. The van der Waals surface area contributed by atoms with E-state index in [1.54, 1.807) is 0 Å². The van der Waals surface area contributed by atoms with Crippen LogP contribution < -0.4 is 0 Å². The summed E-state index contributed by atoms with van der Waals surface area (Å²) in [4.78, 5) is 0. The summed E-state index contributed by atoms with van der Waals surface area (Å²) in [5.41, 5.74) is 0. The molecule has 52 valence electrons. The molecule has 4 heteroatoms. The fraction of sp³-hybridized carbons (Fsp3) is 1.00. The maximum atomic E-state index is 5.73. The zero-order chi connectivity index (χ0) is 5.86. The summed E-state index contributed by atoms with van der Waals surface area (Å²) in [5.74, 6) is 0.617. The van der Waals surface area contributed by atoms with Crippen molar-refractivity contribution in [3.63, 3.8) is 0 Å². The first-order valence-corrected chi connectivity index (χ1v) is 6.33. The van der Waals surface area contributed by atoms with E-state index in [1.165, 1.54) is 0 Å². The molecule has 0 aromatic carbocycles. The van der Waals surface area contributed by atoms with E-state index in [-0.39, 0.29) is 17.4 Å². The monoisotopic (exact) mass is 192 g/mol. The molecule has 0 spiro atoms. The Morgan fingerprint density at radius 3 is 1.88 bits per heavy atom. The highest BCUT2D eigenvalue weighted by Gasteiger charge is 2.07. The van der Waals surface area contributed by atoms with Crippen molar-refractivity contribution in [2.45, 2.75) is 18.1 Å². The molecule has 0 aliphatic rings. The van der Waals surface area contributed by atoms with Crippen molar-refractivity contribution in [1.29, 1.82) is 0 Å². The summed E-state index contributed by atoms with van der Waals surface area (Å²) < 4.78 is 0. The normalized spacial score (nSPS) is 13.1. The third-order valence-corrected chi connectivity index (χ3v) is 5.01. The topological polar surface area (TPSA) is 0 Å². The molecule has 1 atom stereocenters. The molecular formula is C4H11Cl3Si. The lowest BCUT2D eigenvalue weighted by Gasteiger charge is -2.04. The second kappa shape index (κ2) is 6.21. The minimum Gasteiger partial charge on any atom is -0.147 e. The molecule has 0 fully saturated rings. The fourth-order valence-corrected chi connectivity index (χ4v) is 1.60. The minimum atomic E-state index is -0.631. The Morgan fingerprint density at radius 1 is 1.50 bits per heavy atom. The fourth-order valence-electron chi connectivity index (χ4n) is 0.178. The quantitative estimate of drug-likeness (QED) is 0.466. The second-order valence-electron chi connectivity index (χ2n) is 1.91. The molecule has 0 heterocycles. The molecule has 0 aromatic rings. The van der Waals surface area contributed by atoms with Gasteiger partial charge in [-0.25, -0.2) is 0 Å². The van der Waals surface area contributed by atoms with Gasteiger partial charge < -0.3 is 0 Å². The van der Waals surface area contributed by atoms with Crippen LogP contribution in [0.2, 0.25) is 13.1 Å². The standard InChI is InChI=1S/C4H10Cl2Si.ClH/c1-7(2)4(6)3-5;/h4,7H,3H2,1-2H3;1H. The third kappa shape index (κ3) is 5.23. The highest BCUT2D eigenvalue weighted by Crippen LogP contribution is 2.02. The number of alkyl halides is 2. The number of halogens is 3. The summed E-state index contributed by atoms with van der Waals surface area (Å²) in [5, 5.41) is 0.279. The zero-order valence-corrected chi connectivity index (χ0v) is 8.51. The predicted octanol–water partition coefficient (Wildman–Crippen LogP) is 2.28. The van der Waals surface area contributed by atoms with Gasteiger partial charge in [0.15, 0.2) is 0 Å². The van der Waals surface area contributed by atoms with Crippen molar-refractivity contribution < 1.29 is 0 Å². The van der Waals surface area contributed by atoms with Crippen LogP contribution in [-0.2, 0) is 0 Å². The van der Waals surface area contributed by atoms with E-state index in [4.69, 9.17) is 23.2 Å². The minimum absolute atomic E-state index is 0. The molecule has 0 saturated heterocycles. The molecule has 0 N–H and O–H groups in total. The van der Waals surface area contributed by atoms with Crippen LogP contribution in [0.25, 0.3) is 0 Å². The predicted molar refractivity (Wildman–Crippen MR) is 46.5 cm³/mol. The molecule has 8 heavy (non-hydrogen) atoms. The Morgan fingerprint density at radius 2 is 1.88 bits per heavy atom. The van der Waals surface area contributed by atoms with Gasteiger partial charge in [0.1, 0.15) is 0 Å². The van der Waals surface area contributed by atoms with Crippen molar-refractivity contribution in [3.05, 3.63) is 0 Å². The summed E-state index contributed by atoms with van der Waals surface area (Å²) in [7, 11) is -0.631. The van der Waals surface area contributed by atoms with E-state index in [1.807, 2.05) is 0 Å². The maximum Gasteiger partial charge on any atom is 0.0534 e. The molecule has 1 unspecified atom stereocenters. The summed E-state index contributed by atoms with van der Waals surface area (Å²) >= 11 is 11.2. The average Bonchev–Trinajstić information content (AvgIpc) is 1.65. The van der Waals surface area contributed by atoms with E-state index >= 15 is 0 Å². The number of rotatable bonds is 2. The second-order valence-corrected chi connectivity index (χ2v) is 6.50. The van der Waals surface area contributed by atoms with Crippen LogP contribution >= 0.6 is 35.6 Å². The first kappa shape index (κ1) is 11.8. The smallest absolute Gasteiger partial charge is 0.0534 e. The van der Waals surface area contributed by atoms with Crippen LogP contribution in [0.5, 0.6) is 0 Å². The van der Waals surface area contributed by atoms with E-state index in [2.05, 4.69) is 13.1 Å². The van der Waals surface area contributed by atoms with E-state index in [0.717, 1.165) is 0 Å². The van der Waals surface area contributed by atoms with E-state index in [0.29, 0.717) is 5.88 Å². The molecule has 0 rings (SSSR count). The van der Waals surface area contributed by atoms with Crippen LogP contribution in [0, 0.1) is 0 Å².